The van der Waals surface area contributed by atoms with E-state index >= 15 is 0 Å². The average molecular weight is 348 g/mol. The molecule has 4 rings (SSSR count). The highest BCUT2D eigenvalue weighted by atomic mass is 16.4. The standard InChI is InChI=1S/C21H20N2O3/c24-20(14-22-11-10-16-8-4-5-9-19(16)22)23-12-17(18(13-23)21(25)26)15-6-2-1-3-7-15/h1-11,17-18H,12-14H2,(H,25,26)/t17-,18+/m0/s1. The Morgan fingerprint density at radius 2 is 1.69 bits per heavy atom. The van der Waals surface area contributed by atoms with Crippen LogP contribution in [0.25, 0.3) is 10.9 Å². The van der Waals surface area contributed by atoms with Gasteiger partial charge in [-0.25, -0.2) is 0 Å². The lowest BCUT2D eigenvalue weighted by Crippen LogP contribution is -2.32. The Hall–Kier alpha value is -3.08. The Balaban J connectivity index is 1.54. The molecular formula is C21H20N2O3. The second kappa shape index (κ2) is 6.67. The highest BCUT2D eigenvalue weighted by Crippen LogP contribution is 2.33. The van der Waals surface area contributed by atoms with E-state index in [1.807, 2.05) is 71.4 Å². The van der Waals surface area contributed by atoms with Crippen molar-refractivity contribution in [2.24, 2.45) is 5.92 Å². The molecule has 1 N–H and O–H groups in total. The summed E-state index contributed by atoms with van der Waals surface area (Å²) >= 11 is 0. The van der Waals surface area contributed by atoms with Gasteiger partial charge in [-0.05, 0) is 23.1 Å². The number of carboxylic acids is 1. The van der Waals surface area contributed by atoms with E-state index < -0.39 is 11.9 Å². The predicted molar refractivity (Wildman–Crippen MR) is 98.8 cm³/mol. The number of hydrogen-bond donors (Lipinski definition) is 1. The number of para-hydroxylation sites is 1. The van der Waals surface area contributed by atoms with Crippen LogP contribution in [0.5, 0.6) is 0 Å². The molecule has 0 aliphatic carbocycles. The Labute approximate surface area is 151 Å². The maximum absolute atomic E-state index is 12.8. The average Bonchev–Trinajstić information content (AvgIpc) is 3.28. The molecule has 2 heterocycles. The first-order valence-corrected chi connectivity index (χ1v) is 8.73. The van der Waals surface area contributed by atoms with Crippen LogP contribution in [0.2, 0.25) is 0 Å². The van der Waals surface area contributed by atoms with Crippen LogP contribution in [0.3, 0.4) is 0 Å². The molecule has 0 unspecified atom stereocenters. The number of carboxylic acid groups (broad SMARTS) is 1. The molecule has 1 amide bonds. The summed E-state index contributed by atoms with van der Waals surface area (Å²) in [6, 6.07) is 19.5. The van der Waals surface area contributed by atoms with Gasteiger partial charge in [-0.3, -0.25) is 9.59 Å². The number of fused-ring (bicyclic) bond motifs is 1. The van der Waals surface area contributed by atoms with Crippen molar-refractivity contribution in [1.29, 1.82) is 0 Å². The number of aliphatic carboxylic acids is 1. The number of hydrogen-bond acceptors (Lipinski definition) is 2. The van der Waals surface area contributed by atoms with Crippen LogP contribution in [-0.4, -0.2) is 39.5 Å². The van der Waals surface area contributed by atoms with Crippen molar-refractivity contribution in [2.45, 2.75) is 12.5 Å². The van der Waals surface area contributed by atoms with E-state index in [-0.39, 0.29) is 24.9 Å². The van der Waals surface area contributed by atoms with Gasteiger partial charge in [0, 0.05) is 30.7 Å². The largest absolute Gasteiger partial charge is 0.481 e. The summed E-state index contributed by atoms with van der Waals surface area (Å²) in [5, 5.41) is 10.7. The second-order valence-electron chi connectivity index (χ2n) is 6.76. The Kier molecular flexibility index (Phi) is 4.21. The lowest BCUT2D eigenvalue weighted by molar-refractivity contribution is -0.141. The molecule has 0 bridgehead atoms. The fraction of sp³-hybridized carbons (Fsp3) is 0.238. The molecule has 132 valence electrons. The number of carbonyl (C=O) groups is 2. The molecule has 5 heteroatoms. The number of carbonyl (C=O) groups excluding carboxylic acids is 1. The molecule has 1 aliphatic rings. The van der Waals surface area contributed by atoms with Gasteiger partial charge in [-0.15, -0.1) is 0 Å². The van der Waals surface area contributed by atoms with E-state index in [4.69, 9.17) is 0 Å². The summed E-state index contributed by atoms with van der Waals surface area (Å²) in [5.41, 5.74) is 1.98. The third-order valence-corrected chi connectivity index (χ3v) is 5.20. The summed E-state index contributed by atoms with van der Waals surface area (Å²) < 4.78 is 1.92. The number of amides is 1. The lowest BCUT2D eigenvalue weighted by Gasteiger charge is -2.17. The quantitative estimate of drug-likeness (QED) is 0.788. The molecule has 1 fully saturated rings. The minimum absolute atomic E-state index is 0.0453. The van der Waals surface area contributed by atoms with Crippen molar-refractivity contribution in [3.05, 3.63) is 72.4 Å². The molecule has 26 heavy (non-hydrogen) atoms. The number of rotatable bonds is 4. The molecule has 2 atom stereocenters. The topological polar surface area (TPSA) is 62.5 Å². The fourth-order valence-electron chi connectivity index (χ4n) is 3.82. The van der Waals surface area contributed by atoms with Crippen LogP contribution in [0.4, 0.5) is 0 Å². The molecule has 1 aromatic heterocycles. The Morgan fingerprint density at radius 1 is 0.962 bits per heavy atom. The van der Waals surface area contributed by atoms with Gasteiger partial charge in [0.25, 0.3) is 0 Å². The second-order valence-corrected chi connectivity index (χ2v) is 6.76. The molecule has 1 aliphatic heterocycles. The van der Waals surface area contributed by atoms with Gasteiger partial charge in [-0.2, -0.15) is 0 Å². The molecule has 3 aromatic rings. The first-order valence-electron chi connectivity index (χ1n) is 8.73. The minimum Gasteiger partial charge on any atom is -0.481 e. The smallest absolute Gasteiger partial charge is 0.308 e. The molecule has 0 radical (unpaired) electrons. The van der Waals surface area contributed by atoms with Crippen molar-refractivity contribution >= 4 is 22.8 Å². The van der Waals surface area contributed by atoms with Crippen molar-refractivity contribution in [1.82, 2.24) is 9.47 Å². The molecular weight excluding hydrogens is 328 g/mol. The number of nitrogens with zero attached hydrogens (tertiary/aromatic N) is 2. The van der Waals surface area contributed by atoms with Crippen LogP contribution < -0.4 is 0 Å². The molecule has 0 saturated carbocycles. The van der Waals surface area contributed by atoms with Crippen LogP contribution in [-0.2, 0) is 16.1 Å². The highest BCUT2D eigenvalue weighted by Gasteiger charge is 2.40. The first-order chi connectivity index (χ1) is 12.6. The van der Waals surface area contributed by atoms with Gasteiger partial charge < -0.3 is 14.6 Å². The number of aromatic nitrogens is 1. The third-order valence-electron chi connectivity index (χ3n) is 5.20. The van der Waals surface area contributed by atoms with Gasteiger partial charge in [-0.1, -0.05) is 48.5 Å². The van der Waals surface area contributed by atoms with Gasteiger partial charge in [0.1, 0.15) is 6.54 Å². The minimum atomic E-state index is -0.847. The van der Waals surface area contributed by atoms with E-state index in [1.54, 1.807) is 4.90 Å². The van der Waals surface area contributed by atoms with Crippen molar-refractivity contribution in [3.63, 3.8) is 0 Å². The van der Waals surface area contributed by atoms with E-state index in [1.165, 1.54) is 0 Å². The zero-order chi connectivity index (χ0) is 18.1. The van der Waals surface area contributed by atoms with Crippen LogP contribution >= 0.6 is 0 Å². The van der Waals surface area contributed by atoms with Crippen molar-refractivity contribution < 1.29 is 14.7 Å². The lowest BCUT2D eigenvalue weighted by atomic mass is 9.89. The summed E-state index contributed by atoms with van der Waals surface area (Å²) in [6.07, 6.45) is 1.90. The van der Waals surface area contributed by atoms with Gasteiger partial charge >= 0.3 is 5.97 Å². The van der Waals surface area contributed by atoms with Gasteiger partial charge in [0.05, 0.1) is 5.92 Å². The molecule has 2 aromatic carbocycles. The summed E-state index contributed by atoms with van der Waals surface area (Å²) in [5.74, 6) is -1.63. The molecule has 0 spiro atoms. The van der Waals surface area contributed by atoms with Crippen LogP contribution in [0.15, 0.2) is 66.9 Å². The van der Waals surface area contributed by atoms with E-state index in [0.717, 1.165) is 16.5 Å². The van der Waals surface area contributed by atoms with Crippen LogP contribution in [0, 0.1) is 5.92 Å². The van der Waals surface area contributed by atoms with Crippen molar-refractivity contribution in [2.75, 3.05) is 13.1 Å². The highest BCUT2D eigenvalue weighted by molar-refractivity contribution is 5.84. The molecule has 1 saturated heterocycles. The van der Waals surface area contributed by atoms with E-state index in [2.05, 4.69) is 0 Å². The maximum atomic E-state index is 12.8. The van der Waals surface area contributed by atoms with E-state index in [9.17, 15) is 14.7 Å². The fourth-order valence-corrected chi connectivity index (χ4v) is 3.82. The zero-order valence-electron chi connectivity index (χ0n) is 14.3. The van der Waals surface area contributed by atoms with Crippen molar-refractivity contribution in [3.8, 4) is 0 Å². The van der Waals surface area contributed by atoms with Gasteiger partial charge in [0.15, 0.2) is 0 Å². The zero-order valence-corrected chi connectivity index (χ0v) is 14.3. The van der Waals surface area contributed by atoms with Crippen LogP contribution in [0.1, 0.15) is 11.5 Å². The SMILES string of the molecule is O=C(O)[C@@H]1CN(C(=O)Cn2ccc3ccccc32)C[C@H]1c1ccccc1. The van der Waals surface area contributed by atoms with Gasteiger partial charge in [0.2, 0.25) is 5.91 Å². The summed E-state index contributed by atoms with van der Waals surface area (Å²) in [4.78, 5) is 26.2. The maximum Gasteiger partial charge on any atom is 0.308 e. The van der Waals surface area contributed by atoms with E-state index in [0.29, 0.717) is 6.54 Å². The number of likely N-dealkylation sites (tertiary alicyclic amines) is 1. The number of benzene rings is 2. The monoisotopic (exact) mass is 348 g/mol. The first kappa shape index (κ1) is 16.4. The Morgan fingerprint density at radius 3 is 2.46 bits per heavy atom. The molecule has 5 nitrogen and oxygen atoms in total. The normalized spacial score (nSPS) is 19.8. The summed E-state index contributed by atoms with van der Waals surface area (Å²) in [7, 11) is 0. The third kappa shape index (κ3) is 2.96. The Bertz CT molecular complexity index is 948. The predicted octanol–water partition coefficient (Wildman–Crippen LogP) is 2.97. The summed E-state index contributed by atoms with van der Waals surface area (Å²) in [6.45, 7) is 0.924.